The van der Waals surface area contributed by atoms with Crippen LogP contribution < -0.4 is 27.8 Å². The summed E-state index contributed by atoms with van der Waals surface area (Å²) in [7, 11) is 0. The zero-order valence-electron chi connectivity index (χ0n) is 18.5. The summed E-state index contributed by atoms with van der Waals surface area (Å²) in [4.78, 5) is 35.9. The molecule has 0 saturated carbocycles. The van der Waals surface area contributed by atoms with E-state index < -0.39 is 42.5 Å². The van der Waals surface area contributed by atoms with E-state index in [1.54, 1.807) is 12.1 Å². The van der Waals surface area contributed by atoms with Gasteiger partial charge in [0.05, 0.1) is 18.7 Å². The summed E-state index contributed by atoms with van der Waals surface area (Å²) in [6.07, 6.45) is -1.22. The molecule has 10 nitrogen and oxygen atoms in total. The van der Waals surface area contributed by atoms with E-state index >= 15 is 0 Å². The molecule has 33 heavy (non-hydrogen) atoms. The number of nitrogens with one attached hydrogen (secondary N) is 2. The van der Waals surface area contributed by atoms with Gasteiger partial charge in [0.2, 0.25) is 17.7 Å². The van der Waals surface area contributed by atoms with Gasteiger partial charge in [-0.15, -0.1) is 0 Å². The molecule has 10 N–H and O–H groups in total. The summed E-state index contributed by atoms with van der Waals surface area (Å²) >= 11 is 0. The second kappa shape index (κ2) is 12.0. The molecule has 10 heteroatoms. The molecule has 2 aromatic rings. The summed E-state index contributed by atoms with van der Waals surface area (Å²) in [5, 5.41) is 24.8. The molecular formula is C23H31N5O5. The average Bonchev–Trinajstić information content (AvgIpc) is 2.78. The van der Waals surface area contributed by atoms with Crippen molar-refractivity contribution in [1.82, 2.24) is 10.6 Å². The molecule has 0 heterocycles. The zero-order chi connectivity index (χ0) is 24.5. The summed E-state index contributed by atoms with van der Waals surface area (Å²) < 4.78 is 0. The van der Waals surface area contributed by atoms with Crippen molar-refractivity contribution in [3.05, 3.63) is 53.6 Å². The molecule has 0 aliphatic heterocycles. The van der Waals surface area contributed by atoms with Gasteiger partial charge in [-0.05, 0) is 35.7 Å². The maximum Gasteiger partial charge on any atom is 0.243 e. The van der Waals surface area contributed by atoms with Crippen LogP contribution in [0.1, 0.15) is 17.5 Å². The van der Waals surface area contributed by atoms with E-state index in [-0.39, 0.29) is 25.1 Å². The molecule has 0 saturated heterocycles. The number of phenolic OH excluding ortho intramolecular Hbond substituents is 1. The van der Waals surface area contributed by atoms with Crippen LogP contribution in [-0.4, -0.2) is 59.2 Å². The Bertz CT molecular complexity index is 997. The fraction of sp³-hybridized carbons (Fsp3) is 0.348. The minimum absolute atomic E-state index is 0.00634. The van der Waals surface area contributed by atoms with Crippen LogP contribution in [0.2, 0.25) is 0 Å². The van der Waals surface area contributed by atoms with Gasteiger partial charge in [0.15, 0.2) is 0 Å². The van der Waals surface area contributed by atoms with Crippen LogP contribution in [0.15, 0.2) is 42.5 Å². The number of aliphatic hydroxyl groups excluding tert-OH is 1. The summed E-state index contributed by atoms with van der Waals surface area (Å²) in [6, 6.07) is 10.6. The molecule has 0 aliphatic carbocycles. The minimum Gasteiger partial charge on any atom is -0.508 e. The Morgan fingerprint density at radius 1 is 1.06 bits per heavy atom. The largest absolute Gasteiger partial charge is 0.508 e. The van der Waals surface area contributed by atoms with Crippen molar-refractivity contribution in [1.29, 1.82) is 0 Å². The van der Waals surface area contributed by atoms with E-state index in [4.69, 9.17) is 17.2 Å². The smallest absolute Gasteiger partial charge is 0.243 e. The van der Waals surface area contributed by atoms with Crippen molar-refractivity contribution < 1.29 is 24.6 Å². The number of amides is 3. The first kappa shape index (κ1) is 25.8. The van der Waals surface area contributed by atoms with E-state index in [9.17, 15) is 24.6 Å². The van der Waals surface area contributed by atoms with Crippen LogP contribution in [0.25, 0.3) is 11.1 Å². The SMILES string of the molecule is Cc1cccc(-c2ccc(O)c(C[C@H](N)C(=O)N[C@@H](C[C@@H](O)CN)C(=O)NCC(N)=O)c2)c1. The van der Waals surface area contributed by atoms with Crippen molar-refractivity contribution in [3.63, 3.8) is 0 Å². The predicted octanol–water partition coefficient (Wildman–Crippen LogP) is -0.967. The summed E-state index contributed by atoms with van der Waals surface area (Å²) in [5.74, 6) is -2.14. The Labute approximate surface area is 192 Å². The van der Waals surface area contributed by atoms with Crippen LogP contribution >= 0.6 is 0 Å². The summed E-state index contributed by atoms with van der Waals surface area (Å²) in [5.41, 5.74) is 19.8. The van der Waals surface area contributed by atoms with Crippen molar-refractivity contribution in [2.75, 3.05) is 13.1 Å². The van der Waals surface area contributed by atoms with E-state index in [1.165, 1.54) is 6.07 Å². The molecule has 0 aliphatic rings. The molecule has 0 unspecified atom stereocenters. The van der Waals surface area contributed by atoms with Crippen LogP contribution in [0, 0.1) is 6.92 Å². The van der Waals surface area contributed by atoms with Gasteiger partial charge in [0, 0.05) is 19.4 Å². The number of phenols is 1. The molecular weight excluding hydrogens is 426 g/mol. The number of hydrogen-bond acceptors (Lipinski definition) is 7. The molecule has 3 atom stereocenters. The Balaban J connectivity index is 2.13. The van der Waals surface area contributed by atoms with E-state index in [2.05, 4.69) is 10.6 Å². The maximum absolute atomic E-state index is 12.7. The monoisotopic (exact) mass is 457 g/mol. The first-order valence-electron chi connectivity index (χ1n) is 10.5. The predicted molar refractivity (Wildman–Crippen MR) is 124 cm³/mol. The first-order valence-corrected chi connectivity index (χ1v) is 10.5. The highest BCUT2D eigenvalue weighted by atomic mass is 16.3. The number of aryl methyl sites for hydroxylation is 1. The number of rotatable bonds is 11. The number of carbonyl (C=O) groups is 3. The Hall–Kier alpha value is -3.47. The van der Waals surface area contributed by atoms with Crippen molar-refractivity contribution in [2.45, 2.75) is 38.0 Å². The first-order chi connectivity index (χ1) is 15.6. The lowest BCUT2D eigenvalue weighted by Gasteiger charge is -2.22. The van der Waals surface area contributed by atoms with Gasteiger partial charge < -0.3 is 38.0 Å². The lowest BCUT2D eigenvalue weighted by Crippen LogP contribution is -2.54. The quantitative estimate of drug-likeness (QED) is 0.225. The van der Waals surface area contributed by atoms with Gasteiger partial charge in [-0.25, -0.2) is 0 Å². The minimum atomic E-state index is -1.17. The van der Waals surface area contributed by atoms with Crippen LogP contribution in [0.3, 0.4) is 0 Å². The highest BCUT2D eigenvalue weighted by molar-refractivity contribution is 5.91. The molecule has 0 fully saturated rings. The van der Waals surface area contributed by atoms with Crippen LogP contribution in [0.4, 0.5) is 0 Å². The lowest BCUT2D eigenvalue weighted by atomic mass is 9.97. The number of primary amides is 1. The average molecular weight is 458 g/mol. The van der Waals surface area contributed by atoms with Crippen LogP contribution in [0.5, 0.6) is 5.75 Å². The zero-order valence-corrected chi connectivity index (χ0v) is 18.5. The number of aromatic hydroxyl groups is 1. The molecule has 0 radical (unpaired) electrons. The van der Waals surface area contributed by atoms with E-state index in [0.717, 1.165) is 16.7 Å². The number of nitrogens with two attached hydrogens (primary N) is 3. The summed E-state index contributed by atoms with van der Waals surface area (Å²) in [6.45, 7) is 1.43. The molecule has 2 rings (SSSR count). The van der Waals surface area contributed by atoms with Crippen LogP contribution in [-0.2, 0) is 20.8 Å². The molecule has 3 amide bonds. The number of carbonyl (C=O) groups excluding carboxylic acids is 3. The molecule has 178 valence electrons. The van der Waals surface area contributed by atoms with Gasteiger partial charge >= 0.3 is 0 Å². The lowest BCUT2D eigenvalue weighted by molar-refractivity contribution is -0.131. The number of hydrogen-bond donors (Lipinski definition) is 7. The molecule has 0 bridgehead atoms. The Kier molecular flexibility index (Phi) is 9.34. The fourth-order valence-electron chi connectivity index (χ4n) is 3.26. The normalized spacial score (nSPS) is 13.6. The molecule has 2 aromatic carbocycles. The molecule has 0 spiro atoms. The van der Waals surface area contributed by atoms with Gasteiger partial charge in [0.1, 0.15) is 11.8 Å². The Morgan fingerprint density at radius 2 is 1.76 bits per heavy atom. The van der Waals surface area contributed by atoms with E-state index in [1.807, 2.05) is 31.2 Å². The van der Waals surface area contributed by atoms with Gasteiger partial charge in [-0.1, -0.05) is 35.9 Å². The number of aliphatic hydroxyl groups is 1. The van der Waals surface area contributed by atoms with Crippen molar-refractivity contribution in [3.8, 4) is 16.9 Å². The third-order valence-electron chi connectivity index (χ3n) is 5.06. The van der Waals surface area contributed by atoms with E-state index in [0.29, 0.717) is 5.56 Å². The van der Waals surface area contributed by atoms with Gasteiger partial charge in [0.25, 0.3) is 0 Å². The molecule has 0 aromatic heterocycles. The fourth-order valence-corrected chi connectivity index (χ4v) is 3.26. The van der Waals surface area contributed by atoms with Gasteiger partial charge in [-0.2, -0.15) is 0 Å². The third kappa shape index (κ3) is 7.86. The van der Waals surface area contributed by atoms with Gasteiger partial charge in [-0.3, -0.25) is 14.4 Å². The Morgan fingerprint density at radius 3 is 2.39 bits per heavy atom. The highest BCUT2D eigenvalue weighted by Crippen LogP contribution is 2.27. The second-order valence-electron chi connectivity index (χ2n) is 7.89. The maximum atomic E-state index is 12.7. The number of benzene rings is 2. The third-order valence-corrected chi connectivity index (χ3v) is 5.06. The van der Waals surface area contributed by atoms with Crippen molar-refractivity contribution >= 4 is 17.7 Å². The topological polar surface area (TPSA) is 194 Å². The second-order valence-corrected chi connectivity index (χ2v) is 7.89. The highest BCUT2D eigenvalue weighted by Gasteiger charge is 2.26. The standard InChI is InChI=1S/C23H31N5O5/c1-13-3-2-4-14(7-13)15-5-6-20(30)16(8-15)9-18(25)22(32)28-19(10-17(29)11-24)23(33)27-12-21(26)31/h2-8,17-19,29-30H,9-12,24-25H2,1H3,(H2,26,31)(H,27,33)(H,28,32)/t17-,18+,19+/m1/s1. The van der Waals surface area contributed by atoms with Crippen molar-refractivity contribution in [2.24, 2.45) is 17.2 Å².